The SMILES string of the molecule is CCS(C)(C)c1ccc(C(=O)COCC(=O)c2ccc(S(C)(C)CC)cc2)cc1. The van der Waals surface area contributed by atoms with Crippen molar-refractivity contribution >= 4 is 31.6 Å². The Hall–Kier alpha value is -1.56. The minimum absolute atomic E-state index is 0.0831. The molecule has 0 heterocycles. The zero-order valence-corrected chi connectivity index (χ0v) is 20.1. The Morgan fingerprint density at radius 1 is 0.655 bits per heavy atom. The van der Waals surface area contributed by atoms with Crippen molar-refractivity contribution in [2.45, 2.75) is 23.6 Å². The molecule has 0 saturated heterocycles. The maximum Gasteiger partial charge on any atom is 0.188 e. The molecule has 0 aliphatic carbocycles. The molecule has 2 aromatic rings. The van der Waals surface area contributed by atoms with Gasteiger partial charge in [0.2, 0.25) is 0 Å². The quantitative estimate of drug-likeness (QED) is 0.454. The summed E-state index contributed by atoms with van der Waals surface area (Å²) in [6, 6.07) is 15.6. The van der Waals surface area contributed by atoms with E-state index >= 15 is 0 Å². The third-order valence-corrected chi connectivity index (χ3v) is 11.5. The predicted molar refractivity (Wildman–Crippen MR) is 129 cm³/mol. The van der Waals surface area contributed by atoms with Crippen LogP contribution in [0.4, 0.5) is 0 Å². The van der Waals surface area contributed by atoms with E-state index in [-0.39, 0.29) is 24.8 Å². The van der Waals surface area contributed by atoms with E-state index in [1.165, 1.54) is 9.79 Å². The number of hydrogen-bond acceptors (Lipinski definition) is 3. The van der Waals surface area contributed by atoms with E-state index in [0.717, 1.165) is 11.5 Å². The second kappa shape index (κ2) is 9.96. The van der Waals surface area contributed by atoms with Gasteiger partial charge >= 0.3 is 0 Å². The van der Waals surface area contributed by atoms with Crippen molar-refractivity contribution in [3.63, 3.8) is 0 Å². The fourth-order valence-corrected chi connectivity index (χ4v) is 5.17. The zero-order valence-electron chi connectivity index (χ0n) is 18.5. The molecular formula is C24H34O3S2. The molecule has 0 unspecified atom stereocenters. The number of hydrogen-bond donors (Lipinski definition) is 0. The number of rotatable bonds is 10. The lowest BCUT2D eigenvalue weighted by Crippen LogP contribution is -2.15. The molecule has 5 heteroatoms. The first-order chi connectivity index (χ1) is 13.6. The molecule has 0 bridgehead atoms. The first-order valence-electron chi connectivity index (χ1n) is 9.87. The van der Waals surface area contributed by atoms with Crippen LogP contribution in [0.1, 0.15) is 34.6 Å². The highest BCUT2D eigenvalue weighted by atomic mass is 32.3. The molecule has 0 spiro atoms. The summed E-state index contributed by atoms with van der Waals surface area (Å²) in [5, 5.41) is 0. The van der Waals surface area contributed by atoms with Crippen LogP contribution in [-0.2, 0) is 4.74 Å². The van der Waals surface area contributed by atoms with Gasteiger partial charge < -0.3 is 4.74 Å². The lowest BCUT2D eigenvalue weighted by atomic mass is 10.1. The van der Waals surface area contributed by atoms with Crippen molar-refractivity contribution < 1.29 is 14.3 Å². The van der Waals surface area contributed by atoms with Gasteiger partial charge in [-0.1, -0.05) is 38.1 Å². The Morgan fingerprint density at radius 3 is 1.24 bits per heavy atom. The molecule has 160 valence electrons. The highest BCUT2D eigenvalue weighted by Gasteiger charge is 2.15. The minimum atomic E-state index is -0.799. The molecule has 0 radical (unpaired) electrons. The van der Waals surface area contributed by atoms with Gasteiger partial charge in [0.15, 0.2) is 11.6 Å². The lowest BCUT2D eigenvalue weighted by molar-refractivity contribution is 0.0672. The molecule has 0 N–H and O–H groups in total. The number of carbonyl (C=O) groups excluding carboxylic acids is 2. The van der Waals surface area contributed by atoms with Crippen LogP contribution in [0, 0.1) is 0 Å². The average Bonchev–Trinajstić information content (AvgIpc) is 2.73. The molecule has 0 aliphatic rings. The van der Waals surface area contributed by atoms with Crippen LogP contribution >= 0.6 is 20.1 Å². The van der Waals surface area contributed by atoms with E-state index in [9.17, 15) is 9.59 Å². The van der Waals surface area contributed by atoms with Gasteiger partial charge in [-0.25, -0.2) is 20.1 Å². The summed E-state index contributed by atoms with van der Waals surface area (Å²) in [5.41, 5.74) is 1.25. The molecule has 0 fully saturated rings. The van der Waals surface area contributed by atoms with E-state index in [1.807, 2.05) is 48.5 Å². The minimum Gasteiger partial charge on any atom is -0.365 e. The van der Waals surface area contributed by atoms with Gasteiger partial charge in [-0.05, 0) is 70.6 Å². The third-order valence-electron chi connectivity index (χ3n) is 5.54. The maximum atomic E-state index is 12.4. The van der Waals surface area contributed by atoms with Crippen LogP contribution in [0.3, 0.4) is 0 Å². The number of Topliss-reactive ketones (excluding diaryl/α,β-unsaturated/α-hetero) is 2. The summed E-state index contributed by atoms with van der Waals surface area (Å²) >= 11 is 0. The third kappa shape index (κ3) is 6.21. The number of carbonyl (C=O) groups is 2. The van der Waals surface area contributed by atoms with Gasteiger partial charge in [-0.2, -0.15) is 0 Å². The van der Waals surface area contributed by atoms with Gasteiger partial charge in [0.1, 0.15) is 13.2 Å². The Bertz CT molecular complexity index is 766. The van der Waals surface area contributed by atoms with Crippen molar-refractivity contribution in [1.29, 1.82) is 0 Å². The van der Waals surface area contributed by atoms with Crippen LogP contribution in [0.25, 0.3) is 0 Å². The predicted octanol–water partition coefficient (Wildman–Crippen LogP) is 5.65. The highest BCUT2D eigenvalue weighted by Crippen LogP contribution is 2.49. The van der Waals surface area contributed by atoms with Crippen LogP contribution in [0.2, 0.25) is 0 Å². The van der Waals surface area contributed by atoms with Crippen molar-refractivity contribution in [3.8, 4) is 0 Å². The van der Waals surface area contributed by atoms with Gasteiger partial charge in [0.25, 0.3) is 0 Å². The van der Waals surface area contributed by atoms with E-state index in [0.29, 0.717) is 11.1 Å². The van der Waals surface area contributed by atoms with Crippen molar-refractivity contribution in [2.24, 2.45) is 0 Å². The van der Waals surface area contributed by atoms with Gasteiger partial charge in [-0.3, -0.25) is 9.59 Å². The van der Waals surface area contributed by atoms with Gasteiger partial charge in [0, 0.05) is 11.1 Å². The lowest BCUT2D eigenvalue weighted by Gasteiger charge is -2.30. The maximum absolute atomic E-state index is 12.4. The van der Waals surface area contributed by atoms with Gasteiger partial charge in [-0.15, -0.1) is 0 Å². The Kier molecular flexibility index (Phi) is 8.15. The van der Waals surface area contributed by atoms with Crippen molar-refractivity contribution in [1.82, 2.24) is 0 Å². The summed E-state index contributed by atoms with van der Waals surface area (Å²) in [4.78, 5) is 27.3. The van der Waals surface area contributed by atoms with Crippen LogP contribution in [0.15, 0.2) is 58.3 Å². The summed E-state index contributed by atoms with van der Waals surface area (Å²) in [6.45, 7) is 4.22. The van der Waals surface area contributed by atoms with Crippen LogP contribution in [0.5, 0.6) is 0 Å². The van der Waals surface area contributed by atoms with Crippen LogP contribution < -0.4 is 0 Å². The van der Waals surface area contributed by atoms with E-state index < -0.39 is 20.1 Å². The van der Waals surface area contributed by atoms with Crippen molar-refractivity contribution in [3.05, 3.63) is 59.7 Å². The summed E-state index contributed by atoms with van der Waals surface area (Å²) in [5.74, 6) is 2.03. The first-order valence-corrected chi connectivity index (χ1v) is 15.1. The van der Waals surface area contributed by atoms with E-state index in [2.05, 4.69) is 38.9 Å². The Morgan fingerprint density at radius 2 is 0.966 bits per heavy atom. The molecule has 0 atom stereocenters. The molecule has 2 rings (SSSR count). The topological polar surface area (TPSA) is 43.4 Å². The molecule has 0 aliphatic heterocycles. The molecule has 29 heavy (non-hydrogen) atoms. The standard InChI is InChI=1S/C24H34O3S2/c1-7-28(3,4)21-13-9-19(10-14-21)23(25)17-27-18-24(26)20-11-15-22(16-12-20)29(5,6)8-2/h9-16H,7-8,17-18H2,1-6H3. The Balaban J connectivity index is 1.89. The number of ether oxygens (including phenoxy) is 1. The Labute approximate surface area is 178 Å². The molecule has 3 nitrogen and oxygen atoms in total. The fourth-order valence-electron chi connectivity index (χ4n) is 2.75. The molecule has 0 amide bonds. The summed E-state index contributed by atoms with van der Waals surface area (Å²) in [7, 11) is -1.60. The smallest absolute Gasteiger partial charge is 0.188 e. The summed E-state index contributed by atoms with van der Waals surface area (Å²) in [6.07, 6.45) is 9.09. The second-order valence-corrected chi connectivity index (χ2v) is 16.3. The largest absolute Gasteiger partial charge is 0.365 e. The highest BCUT2D eigenvalue weighted by molar-refractivity contribution is 8.33. The number of ketones is 2. The molecule has 0 aromatic heterocycles. The van der Waals surface area contributed by atoms with Gasteiger partial charge in [0.05, 0.1) is 0 Å². The monoisotopic (exact) mass is 434 g/mol. The normalized spacial score (nSPS) is 13.2. The number of benzene rings is 2. The zero-order chi connectivity index (χ0) is 21.7. The molecular weight excluding hydrogens is 400 g/mol. The van der Waals surface area contributed by atoms with Crippen molar-refractivity contribution in [2.75, 3.05) is 49.7 Å². The second-order valence-electron chi connectivity index (χ2n) is 8.04. The first kappa shape index (κ1) is 23.7. The summed E-state index contributed by atoms with van der Waals surface area (Å²) < 4.78 is 5.41. The molecule has 2 aromatic carbocycles. The van der Waals surface area contributed by atoms with Crippen LogP contribution in [-0.4, -0.2) is 61.3 Å². The van der Waals surface area contributed by atoms with E-state index in [1.54, 1.807) is 0 Å². The fraction of sp³-hybridized carbons (Fsp3) is 0.417. The molecule has 0 saturated carbocycles. The van der Waals surface area contributed by atoms with E-state index in [4.69, 9.17) is 4.74 Å². The average molecular weight is 435 g/mol.